The van der Waals surface area contributed by atoms with E-state index >= 15 is 0 Å². The highest BCUT2D eigenvalue weighted by Crippen LogP contribution is 2.23. The van der Waals surface area contributed by atoms with E-state index in [2.05, 4.69) is 10.9 Å². The summed E-state index contributed by atoms with van der Waals surface area (Å²) in [4.78, 5) is 25.1. The number of aryl methyl sites for hydroxylation is 1. The standard InChI is InChI=1S/C17H16Cl2N2O2S/c1-10-3-6-13(7-4-10)24-11(2)16(22)20-21-17(23)14-9-12(18)5-8-15(14)19/h3-9,11H,1-2H3,(H,20,22)(H,21,23)/t11-/m0/s1. The molecule has 0 aliphatic rings. The summed E-state index contributed by atoms with van der Waals surface area (Å²) in [6.07, 6.45) is 0. The zero-order valence-corrected chi connectivity index (χ0v) is 15.4. The van der Waals surface area contributed by atoms with Gasteiger partial charge in [-0.1, -0.05) is 40.9 Å². The number of amides is 2. The maximum absolute atomic E-state index is 12.1. The first-order valence-electron chi connectivity index (χ1n) is 7.15. The Balaban J connectivity index is 1.91. The minimum absolute atomic E-state index is 0.198. The van der Waals surface area contributed by atoms with Gasteiger partial charge in [-0.05, 0) is 44.2 Å². The molecule has 0 fully saturated rings. The highest BCUT2D eigenvalue weighted by Gasteiger charge is 2.16. The molecule has 0 aliphatic heterocycles. The van der Waals surface area contributed by atoms with E-state index in [1.54, 1.807) is 13.0 Å². The fourth-order valence-corrected chi connectivity index (χ4v) is 3.08. The van der Waals surface area contributed by atoms with Gasteiger partial charge in [0.1, 0.15) is 0 Å². The lowest BCUT2D eigenvalue weighted by Crippen LogP contribution is -2.45. The van der Waals surface area contributed by atoms with E-state index in [0.717, 1.165) is 10.5 Å². The number of hydrogen-bond donors (Lipinski definition) is 2. The van der Waals surface area contributed by atoms with Gasteiger partial charge in [-0.15, -0.1) is 11.8 Å². The SMILES string of the molecule is Cc1ccc(S[C@@H](C)C(=O)NNC(=O)c2cc(Cl)ccc2Cl)cc1. The minimum Gasteiger partial charge on any atom is -0.272 e. The van der Waals surface area contributed by atoms with E-state index < -0.39 is 5.91 Å². The Hall–Kier alpha value is -1.69. The molecule has 2 rings (SSSR count). The van der Waals surface area contributed by atoms with Crippen LogP contribution in [-0.4, -0.2) is 17.1 Å². The molecule has 0 saturated carbocycles. The van der Waals surface area contributed by atoms with Crippen molar-refractivity contribution in [3.63, 3.8) is 0 Å². The number of hydrazine groups is 1. The van der Waals surface area contributed by atoms with E-state index in [9.17, 15) is 9.59 Å². The number of benzene rings is 2. The van der Waals surface area contributed by atoms with Crippen molar-refractivity contribution in [3.8, 4) is 0 Å². The summed E-state index contributed by atoms with van der Waals surface area (Å²) >= 11 is 13.2. The molecule has 0 radical (unpaired) electrons. The van der Waals surface area contributed by atoms with Crippen LogP contribution in [-0.2, 0) is 4.79 Å². The smallest absolute Gasteiger partial charge is 0.271 e. The molecule has 0 spiro atoms. The van der Waals surface area contributed by atoms with Gasteiger partial charge in [-0.3, -0.25) is 20.4 Å². The summed E-state index contributed by atoms with van der Waals surface area (Å²) in [5, 5.41) is 0.273. The monoisotopic (exact) mass is 382 g/mol. The number of rotatable bonds is 4. The highest BCUT2D eigenvalue weighted by atomic mass is 35.5. The van der Waals surface area contributed by atoms with E-state index in [4.69, 9.17) is 23.2 Å². The first-order chi connectivity index (χ1) is 11.4. The van der Waals surface area contributed by atoms with Crippen molar-refractivity contribution < 1.29 is 9.59 Å². The van der Waals surface area contributed by atoms with Crippen molar-refractivity contribution in [2.45, 2.75) is 24.0 Å². The Morgan fingerprint density at radius 2 is 1.71 bits per heavy atom. The van der Waals surface area contributed by atoms with Gasteiger partial charge in [-0.2, -0.15) is 0 Å². The second-order valence-corrected chi connectivity index (χ2v) is 7.40. The maximum atomic E-state index is 12.1. The number of carbonyl (C=O) groups excluding carboxylic acids is 2. The molecular weight excluding hydrogens is 367 g/mol. The average molecular weight is 383 g/mol. The van der Waals surface area contributed by atoms with E-state index in [1.165, 1.54) is 23.9 Å². The van der Waals surface area contributed by atoms with Gasteiger partial charge in [0, 0.05) is 9.92 Å². The lowest BCUT2D eigenvalue weighted by Gasteiger charge is -2.13. The molecule has 1 atom stereocenters. The van der Waals surface area contributed by atoms with Crippen molar-refractivity contribution in [2.24, 2.45) is 0 Å². The fourth-order valence-electron chi connectivity index (χ4n) is 1.83. The Bertz CT molecular complexity index is 751. The summed E-state index contributed by atoms with van der Waals surface area (Å²) in [5.74, 6) is -0.838. The van der Waals surface area contributed by atoms with Crippen molar-refractivity contribution >= 4 is 46.8 Å². The summed E-state index contributed by atoms with van der Waals surface area (Å²) in [6.45, 7) is 3.76. The number of thioether (sulfide) groups is 1. The third-order valence-corrected chi connectivity index (χ3v) is 4.85. The topological polar surface area (TPSA) is 58.2 Å². The van der Waals surface area contributed by atoms with Crippen molar-refractivity contribution in [1.82, 2.24) is 10.9 Å². The van der Waals surface area contributed by atoms with Gasteiger partial charge in [0.25, 0.3) is 11.8 Å². The van der Waals surface area contributed by atoms with Crippen LogP contribution in [0.3, 0.4) is 0 Å². The first kappa shape index (κ1) is 18.6. The summed E-state index contributed by atoms with van der Waals surface area (Å²) in [7, 11) is 0. The van der Waals surface area contributed by atoms with Gasteiger partial charge < -0.3 is 0 Å². The van der Waals surface area contributed by atoms with E-state index in [-0.39, 0.29) is 21.7 Å². The molecule has 0 unspecified atom stereocenters. The Morgan fingerprint density at radius 3 is 2.38 bits per heavy atom. The molecule has 0 aliphatic carbocycles. The molecule has 0 aromatic heterocycles. The number of nitrogens with one attached hydrogen (secondary N) is 2. The molecule has 2 amide bonds. The van der Waals surface area contributed by atoms with Gasteiger partial charge >= 0.3 is 0 Å². The van der Waals surface area contributed by atoms with Crippen LogP contribution in [0.5, 0.6) is 0 Å². The third-order valence-electron chi connectivity index (χ3n) is 3.18. The zero-order chi connectivity index (χ0) is 17.7. The molecule has 2 aromatic carbocycles. The molecule has 4 nitrogen and oxygen atoms in total. The van der Waals surface area contributed by atoms with E-state index in [1.807, 2.05) is 31.2 Å². The molecule has 7 heteroatoms. The van der Waals surface area contributed by atoms with Crippen LogP contribution in [0, 0.1) is 6.92 Å². The average Bonchev–Trinajstić information content (AvgIpc) is 2.56. The van der Waals surface area contributed by atoms with Crippen LogP contribution < -0.4 is 10.9 Å². The third kappa shape index (κ3) is 5.16. The Morgan fingerprint density at radius 1 is 1.04 bits per heavy atom. The minimum atomic E-state index is -0.525. The number of halogens is 2. The molecule has 2 aromatic rings. The molecule has 0 saturated heterocycles. The Labute approximate surface area is 154 Å². The lowest BCUT2D eigenvalue weighted by atomic mass is 10.2. The quantitative estimate of drug-likeness (QED) is 0.613. The molecule has 0 heterocycles. The van der Waals surface area contributed by atoms with Gasteiger partial charge in [0.05, 0.1) is 15.8 Å². The molecule has 24 heavy (non-hydrogen) atoms. The summed E-state index contributed by atoms with van der Waals surface area (Å²) < 4.78 is 0. The predicted octanol–water partition coefficient (Wildman–Crippen LogP) is 4.24. The molecular formula is C17H16Cl2N2O2S. The Kier molecular flexibility index (Phi) is 6.54. The summed E-state index contributed by atoms with van der Waals surface area (Å²) in [5.41, 5.74) is 6.10. The van der Waals surface area contributed by atoms with E-state index in [0.29, 0.717) is 5.02 Å². The fraction of sp³-hybridized carbons (Fsp3) is 0.176. The van der Waals surface area contributed by atoms with Crippen LogP contribution in [0.15, 0.2) is 47.4 Å². The maximum Gasteiger partial charge on any atom is 0.271 e. The van der Waals surface area contributed by atoms with Crippen LogP contribution in [0.1, 0.15) is 22.8 Å². The van der Waals surface area contributed by atoms with Gasteiger partial charge in [0.2, 0.25) is 0 Å². The van der Waals surface area contributed by atoms with Crippen LogP contribution in [0.2, 0.25) is 10.0 Å². The molecule has 0 bridgehead atoms. The summed E-state index contributed by atoms with van der Waals surface area (Å²) in [6, 6.07) is 12.4. The second-order valence-electron chi connectivity index (χ2n) is 5.14. The van der Waals surface area contributed by atoms with Gasteiger partial charge in [0.15, 0.2) is 0 Å². The van der Waals surface area contributed by atoms with Gasteiger partial charge in [-0.25, -0.2) is 0 Å². The van der Waals surface area contributed by atoms with Crippen LogP contribution in [0.25, 0.3) is 0 Å². The highest BCUT2D eigenvalue weighted by molar-refractivity contribution is 8.00. The normalized spacial score (nSPS) is 11.7. The predicted molar refractivity (Wildman–Crippen MR) is 98.6 cm³/mol. The second kappa shape index (κ2) is 8.42. The zero-order valence-electron chi connectivity index (χ0n) is 13.1. The largest absolute Gasteiger partial charge is 0.272 e. The van der Waals surface area contributed by atoms with Crippen molar-refractivity contribution in [2.75, 3.05) is 0 Å². The molecule has 2 N–H and O–H groups in total. The number of carbonyl (C=O) groups is 2. The first-order valence-corrected chi connectivity index (χ1v) is 8.79. The van der Waals surface area contributed by atoms with Crippen molar-refractivity contribution in [3.05, 3.63) is 63.6 Å². The van der Waals surface area contributed by atoms with Crippen molar-refractivity contribution in [1.29, 1.82) is 0 Å². The van der Waals surface area contributed by atoms with Crippen LogP contribution >= 0.6 is 35.0 Å². The molecule has 126 valence electrons. The van der Waals surface area contributed by atoms with Crippen LogP contribution in [0.4, 0.5) is 0 Å². The lowest BCUT2D eigenvalue weighted by molar-refractivity contribution is -0.121. The number of hydrogen-bond acceptors (Lipinski definition) is 3.